The van der Waals surface area contributed by atoms with Crippen LogP contribution in [0.1, 0.15) is 57.9 Å². The fourth-order valence-electron chi connectivity index (χ4n) is 2.45. The predicted molar refractivity (Wildman–Crippen MR) is 74.2 cm³/mol. The molecule has 1 atom stereocenters. The highest BCUT2D eigenvalue weighted by molar-refractivity contribution is 5.35. The number of hydrogen-bond donors (Lipinski definition) is 3. The minimum Gasteiger partial charge on any atom is -0.493 e. The van der Waals surface area contributed by atoms with Crippen LogP contribution in [0.2, 0.25) is 0 Å². The molecule has 1 rings (SSSR count). The van der Waals surface area contributed by atoms with E-state index in [1.54, 1.807) is 6.07 Å². The molecule has 104 valence electrons. The molecule has 0 radical (unpaired) electrons. The topological polar surface area (TPSA) is 71.4 Å². The second-order valence-electron chi connectivity index (χ2n) is 5.08. The van der Waals surface area contributed by atoms with Crippen molar-refractivity contribution < 1.29 is 10.2 Å². The van der Waals surface area contributed by atoms with Crippen LogP contribution in [-0.2, 0) is 6.42 Å². The van der Waals surface area contributed by atoms with E-state index in [1.807, 2.05) is 0 Å². The summed E-state index contributed by atoms with van der Waals surface area (Å²) >= 11 is 0. The Morgan fingerprint density at radius 1 is 1.17 bits per heavy atom. The molecule has 0 aromatic carbocycles. The molecule has 1 heterocycles. The number of hydrogen-bond acceptors (Lipinski definition) is 3. The first-order chi connectivity index (χ1) is 8.60. The smallest absolute Gasteiger partial charge is 0.216 e. The molecule has 18 heavy (non-hydrogen) atoms. The number of rotatable bonds is 8. The van der Waals surface area contributed by atoms with Crippen LogP contribution in [0.15, 0.2) is 6.07 Å². The van der Waals surface area contributed by atoms with Gasteiger partial charge in [0.1, 0.15) is 0 Å². The van der Waals surface area contributed by atoms with E-state index >= 15 is 0 Å². The molecule has 4 nitrogen and oxygen atoms in total. The van der Waals surface area contributed by atoms with Crippen LogP contribution in [0.5, 0.6) is 11.8 Å². The highest BCUT2D eigenvalue weighted by Crippen LogP contribution is 2.29. The molecular weight excluding hydrogens is 228 g/mol. The van der Waals surface area contributed by atoms with E-state index in [4.69, 9.17) is 5.84 Å². The maximum atomic E-state index is 9.79. The van der Waals surface area contributed by atoms with Gasteiger partial charge in [-0.15, -0.1) is 0 Å². The Morgan fingerprint density at radius 2 is 1.89 bits per heavy atom. The van der Waals surface area contributed by atoms with E-state index < -0.39 is 0 Å². The van der Waals surface area contributed by atoms with Crippen LogP contribution in [-0.4, -0.2) is 14.9 Å². The van der Waals surface area contributed by atoms with E-state index in [-0.39, 0.29) is 11.8 Å². The lowest BCUT2D eigenvalue weighted by atomic mass is 9.91. The molecule has 0 fully saturated rings. The maximum absolute atomic E-state index is 9.79. The van der Waals surface area contributed by atoms with Gasteiger partial charge in [-0.25, -0.2) is 0 Å². The van der Waals surface area contributed by atoms with Crippen molar-refractivity contribution in [2.75, 3.05) is 5.84 Å². The zero-order valence-corrected chi connectivity index (χ0v) is 11.5. The Bertz CT molecular complexity index is 361. The number of nitrogen functional groups attached to an aromatic ring is 1. The lowest BCUT2D eigenvalue weighted by molar-refractivity contribution is 0.384. The van der Waals surface area contributed by atoms with Gasteiger partial charge < -0.3 is 16.1 Å². The molecule has 4 N–H and O–H groups in total. The molecule has 0 spiro atoms. The van der Waals surface area contributed by atoms with Gasteiger partial charge in [0.15, 0.2) is 0 Å². The molecule has 0 saturated heterocycles. The molecule has 0 bridgehead atoms. The van der Waals surface area contributed by atoms with E-state index in [1.165, 1.54) is 25.7 Å². The van der Waals surface area contributed by atoms with Gasteiger partial charge in [0.2, 0.25) is 11.8 Å². The third kappa shape index (κ3) is 3.86. The second kappa shape index (κ2) is 7.19. The van der Waals surface area contributed by atoms with Crippen LogP contribution in [0.25, 0.3) is 0 Å². The van der Waals surface area contributed by atoms with E-state index in [0.29, 0.717) is 5.92 Å². The monoisotopic (exact) mass is 254 g/mol. The summed E-state index contributed by atoms with van der Waals surface area (Å²) in [6, 6.07) is 1.57. The van der Waals surface area contributed by atoms with Gasteiger partial charge in [-0.3, -0.25) is 0 Å². The molecule has 1 aromatic rings. The van der Waals surface area contributed by atoms with Crippen LogP contribution in [0, 0.1) is 5.92 Å². The Labute approximate surface area is 109 Å². The second-order valence-corrected chi connectivity index (χ2v) is 5.08. The van der Waals surface area contributed by atoms with Crippen LogP contribution in [0.3, 0.4) is 0 Å². The van der Waals surface area contributed by atoms with Gasteiger partial charge in [0, 0.05) is 11.6 Å². The minimum absolute atomic E-state index is 0.0101. The fourth-order valence-corrected chi connectivity index (χ4v) is 2.45. The number of aromatic nitrogens is 1. The Hall–Kier alpha value is -1.32. The summed E-state index contributed by atoms with van der Waals surface area (Å²) in [5.74, 6) is 5.97. The van der Waals surface area contributed by atoms with Gasteiger partial charge in [-0.2, -0.15) is 4.68 Å². The third-order valence-corrected chi connectivity index (χ3v) is 3.49. The summed E-state index contributed by atoms with van der Waals surface area (Å²) in [5.41, 5.74) is 0.755. The van der Waals surface area contributed by atoms with Gasteiger partial charge >= 0.3 is 0 Å². The summed E-state index contributed by atoms with van der Waals surface area (Å²) in [5, 5.41) is 19.2. The average Bonchev–Trinajstić information content (AvgIpc) is 2.58. The average molecular weight is 254 g/mol. The quantitative estimate of drug-likeness (QED) is 0.493. The van der Waals surface area contributed by atoms with Gasteiger partial charge in [0.05, 0.1) is 0 Å². The van der Waals surface area contributed by atoms with E-state index in [0.717, 1.165) is 29.5 Å². The Morgan fingerprint density at radius 3 is 2.39 bits per heavy atom. The molecule has 0 saturated carbocycles. The highest BCUT2D eigenvalue weighted by atomic mass is 16.3. The Balaban J connectivity index is 2.61. The fraction of sp³-hybridized carbons (Fsp3) is 0.714. The van der Waals surface area contributed by atoms with Crippen molar-refractivity contribution in [3.63, 3.8) is 0 Å². The van der Waals surface area contributed by atoms with Gasteiger partial charge in [-0.1, -0.05) is 52.4 Å². The summed E-state index contributed by atoms with van der Waals surface area (Å²) in [6.45, 7) is 4.38. The van der Waals surface area contributed by atoms with Crippen molar-refractivity contribution in [2.45, 2.75) is 58.8 Å². The van der Waals surface area contributed by atoms with Crippen molar-refractivity contribution in [3.8, 4) is 11.8 Å². The molecule has 4 heteroatoms. The first-order valence-electron chi connectivity index (χ1n) is 6.97. The Kier molecular flexibility index (Phi) is 5.89. The summed E-state index contributed by atoms with van der Waals surface area (Å²) < 4.78 is 0.935. The molecule has 0 aliphatic heterocycles. The molecule has 0 aliphatic carbocycles. The summed E-state index contributed by atoms with van der Waals surface area (Å²) in [7, 11) is 0. The normalized spacial score (nSPS) is 12.8. The van der Waals surface area contributed by atoms with E-state index in [2.05, 4.69) is 13.8 Å². The van der Waals surface area contributed by atoms with Crippen molar-refractivity contribution in [1.82, 2.24) is 4.68 Å². The number of aromatic hydroxyl groups is 2. The highest BCUT2D eigenvalue weighted by Gasteiger charge is 2.16. The van der Waals surface area contributed by atoms with Crippen LogP contribution < -0.4 is 5.84 Å². The zero-order chi connectivity index (χ0) is 13.5. The zero-order valence-electron chi connectivity index (χ0n) is 11.5. The van der Waals surface area contributed by atoms with Crippen LogP contribution in [0.4, 0.5) is 0 Å². The van der Waals surface area contributed by atoms with Crippen molar-refractivity contribution >= 4 is 0 Å². The molecule has 0 amide bonds. The summed E-state index contributed by atoms with van der Waals surface area (Å²) in [4.78, 5) is 0. The van der Waals surface area contributed by atoms with E-state index in [9.17, 15) is 10.2 Å². The van der Waals surface area contributed by atoms with Crippen LogP contribution >= 0.6 is 0 Å². The minimum atomic E-state index is -0.0775. The largest absolute Gasteiger partial charge is 0.493 e. The van der Waals surface area contributed by atoms with Gasteiger partial charge in [0.25, 0.3) is 0 Å². The first kappa shape index (κ1) is 14.7. The molecule has 1 unspecified atom stereocenters. The van der Waals surface area contributed by atoms with Crippen molar-refractivity contribution in [3.05, 3.63) is 11.6 Å². The standard InChI is InChI=1S/C14H26N2O2/c1-3-5-6-8-11(7-4-2)9-12-10-13(17)16(15)14(12)18/h10-11,17-18H,3-9,15H2,1-2H3. The van der Waals surface area contributed by atoms with Crippen molar-refractivity contribution in [2.24, 2.45) is 5.92 Å². The summed E-state index contributed by atoms with van der Waals surface area (Å²) in [6.07, 6.45) is 7.99. The number of nitrogens with two attached hydrogens (primary N) is 1. The van der Waals surface area contributed by atoms with Crippen molar-refractivity contribution in [1.29, 1.82) is 0 Å². The predicted octanol–water partition coefficient (Wildman–Crippen LogP) is 3.15. The first-order valence-corrected chi connectivity index (χ1v) is 6.97. The number of unbranched alkanes of at least 4 members (excludes halogenated alkanes) is 2. The molecule has 1 aromatic heterocycles. The lowest BCUT2D eigenvalue weighted by Gasteiger charge is -2.15. The maximum Gasteiger partial charge on any atom is 0.216 e. The third-order valence-electron chi connectivity index (χ3n) is 3.49. The SMILES string of the molecule is CCCCCC(CCC)Cc1cc(O)n(N)c1O. The lowest BCUT2D eigenvalue weighted by Crippen LogP contribution is -2.08. The molecule has 0 aliphatic rings. The number of nitrogens with zero attached hydrogens (tertiary/aromatic N) is 1. The van der Waals surface area contributed by atoms with Gasteiger partial charge in [-0.05, 0) is 12.3 Å². The molecular formula is C14H26N2O2.